The topological polar surface area (TPSA) is 89.5 Å². The molecule has 0 radical (unpaired) electrons. The molecular weight excluding hydrogens is 314 g/mol. The Kier molecular flexibility index (Phi) is 4.40. The minimum atomic E-state index is -0.471. The first kappa shape index (κ1) is 15.6. The Bertz CT molecular complexity index is 716. The average Bonchev–Trinajstić information content (AvgIpc) is 3.22. The van der Waals surface area contributed by atoms with E-state index in [1.165, 1.54) is 11.6 Å². The lowest BCUT2D eigenvalue weighted by atomic mass is 9.89. The Labute approximate surface area is 137 Å². The van der Waals surface area contributed by atoms with Gasteiger partial charge in [0.1, 0.15) is 0 Å². The SMILES string of the molecule is NC[C@@H]1CN(C(=O)c2csc([N+](=O)[O-])c2)C[C@H]1c1ccccc1. The van der Waals surface area contributed by atoms with Crippen molar-refractivity contribution in [2.24, 2.45) is 11.7 Å². The molecule has 0 spiro atoms. The Morgan fingerprint density at radius 3 is 2.70 bits per heavy atom. The number of carbonyl (C=O) groups excluding carboxylic acids is 1. The van der Waals surface area contributed by atoms with Gasteiger partial charge in [0.05, 0.1) is 10.5 Å². The van der Waals surface area contributed by atoms with Crippen molar-refractivity contribution < 1.29 is 9.72 Å². The first-order valence-electron chi connectivity index (χ1n) is 7.37. The summed E-state index contributed by atoms with van der Waals surface area (Å²) in [7, 11) is 0. The van der Waals surface area contributed by atoms with E-state index in [1.807, 2.05) is 18.2 Å². The smallest absolute Gasteiger partial charge is 0.324 e. The first-order valence-corrected chi connectivity index (χ1v) is 8.25. The number of likely N-dealkylation sites (tertiary alicyclic amines) is 1. The van der Waals surface area contributed by atoms with Crippen molar-refractivity contribution in [1.82, 2.24) is 4.90 Å². The molecule has 7 heteroatoms. The van der Waals surface area contributed by atoms with E-state index in [0.29, 0.717) is 25.2 Å². The van der Waals surface area contributed by atoms with Crippen LogP contribution in [0.15, 0.2) is 41.8 Å². The standard InChI is InChI=1S/C16H17N3O3S/c17-7-13-8-18(9-14(13)11-4-2-1-3-5-11)16(20)12-6-15(19(21)22)23-10-12/h1-6,10,13-14H,7-9,17H2/t13-,14+/m1/s1. The fourth-order valence-electron chi connectivity index (χ4n) is 3.07. The molecule has 1 saturated heterocycles. The average molecular weight is 331 g/mol. The molecule has 2 atom stereocenters. The summed E-state index contributed by atoms with van der Waals surface area (Å²) < 4.78 is 0. The number of nitrogens with two attached hydrogens (primary N) is 1. The molecule has 120 valence electrons. The predicted molar refractivity (Wildman–Crippen MR) is 88.6 cm³/mol. The molecule has 23 heavy (non-hydrogen) atoms. The van der Waals surface area contributed by atoms with Gasteiger partial charge in [0, 0.05) is 30.5 Å². The fraction of sp³-hybridized carbons (Fsp3) is 0.312. The molecule has 6 nitrogen and oxygen atoms in total. The van der Waals surface area contributed by atoms with Crippen molar-refractivity contribution in [3.05, 3.63) is 63.0 Å². The third-order valence-corrected chi connectivity index (χ3v) is 5.15. The molecule has 1 amide bonds. The van der Waals surface area contributed by atoms with Gasteiger partial charge in [-0.25, -0.2) is 0 Å². The zero-order valence-corrected chi connectivity index (χ0v) is 13.2. The van der Waals surface area contributed by atoms with Crippen molar-refractivity contribution in [3.8, 4) is 0 Å². The van der Waals surface area contributed by atoms with E-state index in [1.54, 1.807) is 10.3 Å². The van der Waals surface area contributed by atoms with E-state index in [-0.39, 0.29) is 22.7 Å². The predicted octanol–water partition coefficient (Wildman–Crippen LogP) is 2.47. The Hall–Kier alpha value is -2.25. The van der Waals surface area contributed by atoms with E-state index in [0.717, 1.165) is 11.3 Å². The second kappa shape index (κ2) is 6.47. The summed E-state index contributed by atoms with van der Waals surface area (Å²) in [5.74, 6) is 0.250. The highest BCUT2D eigenvalue weighted by Crippen LogP contribution is 2.33. The Morgan fingerprint density at radius 2 is 2.09 bits per heavy atom. The Morgan fingerprint density at radius 1 is 1.35 bits per heavy atom. The molecule has 2 aromatic rings. The quantitative estimate of drug-likeness (QED) is 0.688. The van der Waals surface area contributed by atoms with Gasteiger partial charge in [-0.3, -0.25) is 14.9 Å². The van der Waals surface area contributed by atoms with Gasteiger partial charge in [-0.15, -0.1) is 0 Å². The van der Waals surface area contributed by atoms with Crippen LogP contribution in [-0.4, -0.2) is 35.4 Å². The molecule has 2 heterocycles. The number of rotatable bonds is 4. The van der Waals surface area contributed by atoms with Crippen LogP contribution >= 0.6 is 11.3 Å². The second-order valence-electron chi connectivity index (χ2n) is 5.65. The van der Waals surface area contributed by atoms with Gasteiger partial charge in [-0.2, -0.15) is 0 Å². The number of thiophene rings is 1. The highest BCUT2D eigenvalue weighted by Gasteiger charge is 2.36. The van der Waals surface area contributed by atoms with Crippen LogP contribution in [0.4, 0.5) is 5.00 Å². The first-order chi connectivity index (χ1) is 11.1. The molecule has 3 rings (SSSR count). The molecule has 0 saturated carbocycles. The summed E-state index contributed by atoms with van der Waals surface area (Å²) in [6.07, 6.45) is 0. The van der Waals surface area contributed by atoms with E-state index in [2.05, 4.69) is 12.1 Å². The van der Waals surface area contributed by atoms with Crippen LogP contribution in [0.25, 0.3) is 0 Å². The van der Waals surface area contributed by atoms with Crippen LogP contribution < -0.4 is 5.73 Å². The number of amides is 1. The number of benzene rings is 1. The molecule has 1 aliphatic heterocycles. The van der Waals surface area contributed by atoms with E-state index >= 15 is 0 Å². The number of nitrogens with zero attached hydrogens (tertiary/aromatic N) is 2. The minimum absolute atomic E-state index is 0.0115. The monoisotopic (exact) mass is 331 g/mol. The van der Waals surface area contributed by atoms with Gasteiger partial charge in [-0.05, 0) is 18.0 Å². The Balaban J connectivity index is 1.78. The zero-order valence-electron chi connectivity index (χ0n) is 12.4. The lowest BCUT2D eigenvalue weighted by molar-refractivity contribution is -0.380. The highest BCUT2D eigenvalue weighted by molar-refractivity contribution is 7.13. The van der Waals surface area contributed by atoms with E-state index in [9.17, 15) is 14.9 Å². The lowest BCUT2D eigenvalue weighted by Gasteiger charge is -2.16. The molecule has 1 aliphatic rings. The van der Waals surface area contributed by atoms with Gasteiger partial charge < -0.3 is 10.6 Å². The van der Waals surface area contributed by atoms with Crippen LogP contribution in [0.3, 0.4) is 0 Å². The largest absolute Gasteiger partial charge is 0.338 e. The van der Waals surface area contributed by atoms with Gasteiger partial charge in [0.2, 0.25) is 0 Å². The maximum Gasteiger partial charge on any atom is 0.324 e. The highest BCUT2D eigenvalue weighted by atomic mass is 32.1. The van der Waals surface area contributed by atoms with Gasteiger partial charge in [0.15, 0.2) is 0 Å². The third kappa shape index (κ3) is 3.11. The second-order valence-corrected chi connectivity index (χ2v) is 6.54. The molecule has 0 aliphatic carbocycles. The van der Waals surface area contributed by atoms with Crippen molar-refractivity contribution in [3.63, 3.8) is 0 Å². The third-order valence-electron chi connectivity index (χ3n) is 4.27. The van der Waals surface area contributed by atoms with Crippen LogP contribution in [0.1, 0.15) is 21.8 Å². The molecule has 0 bridgehead atoms. The lowest BCUT2D eigenvalue weighted by Crippen LogP contribution is -2.29. The summed E-state index contributed by atoms with van der Waals surface area (Å²) in [5.41, 5.74) is 7.44. The van der Waals surface area contributed by atoms with Crippen LogP contribution in [0, 0.1) is 16.0 Å². The number of carbonyl (C=O) groups is 1. The van der Waals surface area contributed by atoms with Crippen LogP contribution in [0.5, 0.6) is 0 Å². The van der Waals surface area contributed by atoms with Crippen LogP contribution in [-0.2, 0) is 0 Å². The maximum absolute atomic E-state index is 12.6. The fourth-order valence-corrected chi connectivity index (χ4v) is 3.77. The zero-order chi connectivity index (χ0) is 16.4. The van der Waals surface area contributed by atoms with Gasteiger partial charge >= 0.3 is 5.00 Å². The summed E-state index contributed by atoms with van der Waals surface area (Å²) in [6.45, 7) is 1.68. The molecule has 0 unspecified atom stereocenters. The number of hydrogen-bond donors (Lipinski definition) is 1. The van der Waals surface area contributed by atoms with E-state index in [4.69, 9.17) is 5.73 Å². The van der Waals surface area contributed by atoms with E-state index < -0.39 is 4.92 Å². The number of nitro groups is 1. The molecule has 2 N–H and O–H groups in total. The summed E-state index contributed by atoms with van der Waals surface area (Å²) in [5, 5.41) is 12.3. The molecule has 1 fully saturated rings. The minimum Gasteiger partial charge on any atom is -0.338 e. The summed E-state index contributed by atoms with van der Waals surface area (Å²) >= 11 is 0.977. The van der Waals surface area contributed by atoms with Gasteiger partial charge in [0.25, 0.3) is 5.91 Å². The summed E-state index contributed by atoms with van der Waals surface area (Å²) in [6, 6.07) is 11.4. The maximum atomic E-state index is 12.6. The van der Waals surface area contributed by atoms with Crippen molar-refractivity contribution in [2.75, 3.05) is 19.6 Å². The molecule has 1 aromatic heterocycles. The van der Waals surface area contributed by atoms with Crippen molar-refractivity contribution in [1.29, 1.82) is 0 Å². The molecular formula is C16H17N3O3S. The molecule has 1 aromatic carbocycles. The van der Waals surface area contributed by atoms with Crippen LogP contribution in [0.2, 0.25) is 0 Å². The van der Waals surface area contributed by atoms with Crippen molar-refractivity contribution >= 4 is 22.2 Å². The number of hydrogen-bond acceptors (Lipinski definition) is 5. The summed E-state index contributed by atoms with van der Waals surface area (Å²) in [4.78, 5) is 24.6. The normalized spacial score (nSPS) is 20.7. The van der Waals surface area contributed by atoms with Gasteiger partial charge in [-0.1, -0.05) is 41.7 Å². The van der Waals surface area contributed by atoms with Crippen molar-refractivity contribution in [2.45, 2.75) is 5.92 Å².